The van der Waals surface area contributed by atoms with E-state index in [9.17, 15) is 0 Å². The molecule has 4 rings (SSSR count). The number of anilines is 1. The highest BCUT2D eigenvalue weighted by molar-refractivity contribution is 6.30. The molecule has 0 aliphatic carbocycles. The number of halogens is 1. The zero-order chi connectivity index (χ0) is 17.8. The Bertz CT molecular complexity index is 884. The first-order chi connectivity index (χ1) is 12.8. The second kappa shape index (κ2) is 7.58. The molecule has 1 fully saturated rings. The number of benzene rings is 2. The lowest BCUT2D eigenvalue weighted by Gasteiger charge is -2.35. The highest BCUT2D eigenvalue weighted by atomic mass is 35.5. The van der Waals surface area contributed by atoms with Crippen LogP contribution < -0.4 is 4.90 Å². The molecule has 2 aromatic carbocycles. The highest BCUT2D eigenvalue weighted by Crippen LogP contribution is 2.21. The lowest BCUT2D eigenvalue weighted by atomic mass is 10.2. The van der Waals surface area contributed by atoms with Crippen LogP contribution in [0.4, 0.5) is 5.69 Å². The molecule has 0 amide bonds. The van der Waals surface area contributed by atoms with Crippen LogP contribution >= 0.6 is 11.6 Å². The molecule has 1 saturated heterocycles. The van der Waals surface area contributed by atoms with Crippen molar-refractivity contribution in [2.24, 2.45) is 0 Å². The van der Waals surface area contributed by atoms with E-state index >= 15 is 0 Å². The molecule has 2 heterocycles. The van der Waals surface area contributed by atoms with E-state index < -0.39 is 0 Å². The maximum atomic E-state index is 6.10. The molecule has 0 atom stereocenters. The predicted molar refractivity (Wildman–Crippen MR) is 103 cm³/mol. The second-order valence-corrected chi connectivity index (χ2v) is 6.54. The van der Waals surface area contributed by atoms with Crippen molar-refractivity contribution in [3.8, 4) is 5.69 Å². The average molecular weight is 367 g/mol. The van der Waals surface area contributed by atoms with Crippen LogP contribution in [0.2, 0.25) is 5.02 Å². The van der Waals surface area contributed by atoms with Gasteiger partial charge in [-0.15, -0.1) is 5.10 Å². The maximum absolute atomic E-state index is 6.10. The van der Waals surface area contributed by atoms with Crippen molar-refractivity contribution in [3.63, 3.8) is 0 Å². The number of hydrogen-bond donors (Lipinski definition) is 0. The van der Waals surface area contributed by atoms with Crippen LogP contribution in [0.1, 0.15) is 5.82 Å². The number of nitrogens with zero attached hydrogens (tertiary/aromatic N) is 6. The average Bonchev–Trinajstić information content (AvgIpc) is 3.16. The fraction of sp³-hybridized carbons (Fsp3) is 0.211. The molecule has 1 aliphatic rings. The van der Waals surface area contributed by atoms with E-state index in [1.165, 1.54) is 5.69 Å². The van der Waals surface area contributed by atoms with Crippen LogP contribution in [0, 0.1) is 0 Å². The van der Waals surface area contributed by atoms with Gasteiger partial charge in [0.25, 0.3) is 0 Å². The summed E-state index contributed by atoms with van der Waals surface area (Å²) in [6.45, 7) is 3.79. The Morgan fingerprint density at radius 1 is 0.885 bits per heavy atom. The summed E-state index contributed by atoms with van der Waals surface area (Å²) >= 11 is 6.10. The number of tetrazole rings is 1. The van der Waals surface area contributed by atoms with E-state index in [1.54, 1.807) is 4.68 Å². The van der Waals surface area contributed by atoms with Crippen molar-refractivity contribution in [2.75, 3.05) is 31.1 Å². The molecule has 0 bridgehead atoms. The first-order valence-electron chi connectivity index (χ1n) is 8.56. The summed E-state index contributed by atoms with van der Waals surface area (Å²) in [5, 5.41) is 12.8. The lowest BCUT2D eigenvalue weighted by molar-refractivity contribution is 0.351. The second-order valence-electron chi connectivity index (χ2n) is 6.10. The third kappa shape index (κ3) is 3.70. The third-order valence-electron chi connectivity index (χ3n) is 4.42. The molecule has 132 valence electrons. The van der Waals surface area contributed by atoms with Crippen LogP contribution in [0.3, 0.4) is 0 Å². The Hall–Kier alpha value is -2.86. The van der Waals surface area contributed by atoms with Gasteiger partial charge in [-0.25, -0.2) is 0 Å². The predicted octanol–water partition coefficient (Wildman–Crippen LogP) is 3.11. The van der Waals surface area contributed by atoms with Crippen molar-refractivity contribution in [1.29, 1.82) is 0 Å². The van der Waals surface area contributed by atoms with E-state index in [4.69, 9.17) is 11.6 Å². The number of rotatable bonds is 4. The Labute approximate surface area is 157 Å². The Balaban J connectivity index is 1.40. The van der Waals surface area contributed by atoms with Crippen LogP contribution in [0.15, 0.2) is 60.8 Å². The lowest BCUT2D eigenvalue weighted by Crippen LogP contribution is -2.44. The summed E-state index contributed by atoms with van der Waals surface area (Å²) in [6.07, 6.45) is 4.03. The molecule has 0 saturated carbocycles. The molecule has 1 aliphatic heterocycles. The number of aromatic nitrogens is 4. The van der Waals surface area contributed by atoms with Gasteiger partial charge < -0.3 is 9.80 Å². The van der Waals surface area contributed by atoms with Gasteiger partial charge in [-0.1, -0.05) is 35.9 Å². The number of hydrogen-bond acceptors (Lipinski definition) is 5. The highest BCUT2D eigenvalue weighted by Gasteiger charge is 2.15. The van der Waals surface area contributed by atoms with Gasteiger partial charge >= 0.3 is 0 Å². The largest absolute Gasteiger partial charge is 0.374 e. The molecule has 0 N–H and O–H groups in total. The summed E-state index contributed by atoms with van der Waals surface area (Å²) in [5.41, 5.74) is 2.12. The molecule has 0 radical (unpaired) electrons. The summed E-state index contributed by atoms with van der Waals surface area (Å²) in [6, 6.07) is 17.9. The van der Waals surface area contributed by atoms with Gasteiger partial charge in [0.05, 0.1) is 5.69 Å². The van der Waals surface area contributed by atoms with Crippen LogP contribution in [0.25, 0.3) is 11.8 Å². The molecule has 26 heavy (non-hydrogen) atoms. The van der Waals surface area contributed by atoms with E-state index in [-0.39, 0.29) is 0 Å². The smallest absolute Gasteiger partial charge is 0.181 e. The van der Waals surface area contributed by atoms with E-state index in [2.05, 4.69) is 37.6 Å². The Morgan fingerprint density at radius 3 is 2.42 bits per heavy atom. The van der Waals surface area contributed by atoms with Crippen molar-refractivity contribution in [3.05, 3.63) is 71.6 Å². The zero-order valence-electron chi connectivity index (χ0n) is 14.2. The minimum atomic E-state index is 0.716. The summed E-state index contributed by atoms with van der Waals surface area (Å²) in [7, 11) is 0. The van der Waals surface area contributed by atoms with Crippen molar-refractivity contribution < 1.29 is 0 Å². The van der Waals surface area contributed by atoms with Crippen LogP contribution in [0.5, 0.6) is 0 Å². The minimum absolute atomic E-state index is 0.716. The van der Waals surface area contributed by atoms with Gasteiger partial charge in [0.1, 0.15) is 0 Å². The number of piperazine rings is 1. The van der Waals surface area contributed by atoms with Gasteiger partial charge in [0, 0.05) is 49.2 Å². The molecule has 7 heteroatoms. The summed E-state index contributed by atoms with van der Waals surface area (Å²) < 4.78 is 1.73. The minimum Gasteiger partial charge on any atom is -0.374 e. The van der Waals surface area contributed by atoms with Crippen molar-refractivity contribution in [1.82, 2.24) is 25.1 Å². The van der Waals surface area contributed by atoms with Crippen molar-refractivity contribution in [2.45, 2.75) is 0 Å². The maximum Gasteiger partial charge on any atom is 0.181 e. The standard InChI is InChI=1S/C19H19ClN6/c20-16-5-4-8-18(15-16)25-13-11-24(12-14-25)10-9-19-21-22-23-26(19)17-6-2-1-3-7-17/h1-10,15H,11-14H2/b10-9+. The molecule has 1 aromatic heterocycles. The van der Waals surface area contributed by atoms with Crippen LogP contribution in [-0.4, -0.2) is 51.3 Å². The third-order valence-corrected chi connectivity index (χ3v) is 4.65. The first-order valence-corrected chi connectivity index (χ1v) is 8.94. The molecule has 0 unspecified atom stereocenters. The SMILES string of the molecule is Clc1cccc(N2CCN(/C=C/c3nnnn3-c3ccccc3)CC2)c1. The monoisotopic (exact) mass is 366 g/mol. The molecular formula is C19H19ClN6. The first kappa shape index (κ1) is 16.6. The fourth-order valence-corrected chi connectivity index (χ4v) is 3.21. The van der Waals surface area contributed by atoms with Gasteiger partial charge in [-0.05, 0) is 40.8 Å². The van der Waals surface area contributed by atoms with E-state index in [1.807, 2.05) is 54.6 Å². The molecule has 0 spiro atoms. The molecule has 3 aromatic rings. The van der Waals surface area contributed by atoms with E-state index in [0.717, 1.165) is 36.9 Å². The fourth-order valence-electron chi connectivity index (χ4n) is 3.03. The van der Waals surface area contributed by atoms with E-state index in [0.29, 0.717) is 5.82 Å². The molecule has 6 nitrogen and oxygen atoms in total. The Morgan fingerprint density at radius 2 is 1.65 bits per heavy atom. The van der Waals surface area contributed by atoms with Crippen LogP contribution in [-0.2, 0) is 0 Å². The quantitative estimate of drug-likeness (QED) is 0.710. The number of para-hydroxylation sites is 1. The topological polar surface area (TPSA) is 50.1 Å². The van der Waals surface area contributed by atoms with Crippen molar-refractivity contribution >= 4 is 23.4 Å². The summed E-state index contributed by atoms with van der Waals surface area (Å²) in [4.78, 5) is 4.63. The summed E-state index contributed by atoms with van der Waals surface area (Å²) in [5.74, 6) is 0.716. The molecular weight excluding hydrogens is 348 g/mol. The van der Waals surface area contributed by atoms with Gasteiger partial charge in [-0.3, -0.25) is 0 Å². The van der Waals surface area contributed by atoms with Gasteiger partial charge in [0.2, 0.25) is 0 Å². The van der Waals surface area contributed by atoms with Gasteiger partial charge in [0.15, 0.2) is 5.82 Å². The normalized spacial score (nSPS) is 15.0. The van der Waals surface area contributed by atoms with Gasteiger partial charge in [-0.2, -0.15) is 4.68 Å². The Kier molecular flexibility index (Phi) is 4.84. The zero-order valence-corrected chi connectivity index (χ0v) is 15.0.